The van der Waals surface area contributed by atoms with Gasteiger partial charge < -0.3 is 4.42 Å². The van der Waals surface area contributed by atoms with Crippen LogP contribution in [0.25, 0.3) is 0 Å². The van der Waals surface area contributed by atoms with Gasteiger partial charge >= 0.3 is 0 Å². The Morgan fingerprint density at radius 1 is 1.53 bits per heavy atom. The molecule has 0 aromatic carbocycles. The Labute approximate surface area is 120 Å². The molecule has 0 radical (unpaired) electrons. The van der Waals surface area contributed by atoms with Gasteiger partial charge in [0.25, 0.3) is 0 Å². The van der Waals surface area contributed by atoms with Gasteiger partial charge in [0.15, 0.2) is 0 Å². The molecule has 0 N–H and O–H groups in total. The molecule has 0 unspecified atom stereocenters. The van der Waals surface area contributed by atoms with Crippen molar-refractivity contribution in [2.45, 2.75) is 33.1 Å². The van der Waals surface area contributed by atoms with Crippen molar-refractivity contribution < 1.29 is 4.42 Å². The molecule has 1 heterocycles. The van der Waals surface area contributed by atoms with Gasteiger partial charge in [-0.3, -0.25) is 0 Å². The minimum atomic E-state index is 0.482. The molecular weight excluding hydrogens is 344 g/mol. The molecular formula is C14H18Br2O. The van der Waals surface area contributed by atoms with Crippen LogP contribution in [0.5, 0.6) is 0 Å². The quantitative estimate of drug-likeness (QED) is 0.589. The molecule has 1 atom stereocenters. The highest BCUT2D eigenvalue weighted by molar-refractivity contribution is 9.28. The average Bonchev–Trinajstić information content (AvgIpc) is 2.62. The van der Waals surface area contributed by atoms with E-state index in [4.69, 9.17) is 4.42 Å². The summed E-state index contributed by atoms with van der Waals surface area (Å²) in [4.78, 5) is 0. The van der Waals surface area contributed by atoms with E-state index >= 15 is 0 Å². The van der Waals surface area contributed by atoms with Gasteiger partial charge in [-0.1, -0.05) is 18.2 Å². The van der Waals surface area contributed by atoms with E-state index in [0.717, 1.165) is 28.4 Å². The summed E-state index contributed by atoms with van der Waals surface area (Å²) in [5.74, 6) is 1.57. The molecule has 0 amide bonds. The van der Waals surface area contributed by atoms with E-state index in [1.807, 2.05) is 6.07 Å². The van der Waals surface area contributed by atoms with Crippen LogP contribution in [0.4, 0.5) is 0 Å². The molecule has 1 aromatic heterocycles. The van der Waals surface area contributed by atoms with E-state index in [1.54, 1.807) is 6.26 Å². The number of hydrogen-bond acceptors (Lipinski definition) is 1. The van der Waals surface area contributed by atoms with E-state index in [1.165, 1.54) is 11.1 Å². The van der Waals surface area contributed by atoms with Crippen molar-refractivity contribution in [2.75, 3.05) is 0 Å². The lowest BCUT2D eigenvalue weighted by molar-refractivity contribution is 0.452. The number of halogens is 2. The zero-order valence-corrected chi connectivity index (χ0v) is 13.5. The fourth-order valence-corrected chi connectivity index (χ4v) is 2.21. The van der Waals surface area contributed by atoms with Crippen LogP contribution in [0.15, 0.2) is 38.4 Å². The fourth-order valence-electron chi connectivity index (χ4n) is 1.75. The number of rotatable bonds is 6. The minimum Gasteiger partial charge on any atom is -0.469 e. The van der Waals surface area contributed by atoms with Gasteiger partial charge in [0.05, 0.1) is 9.65 Å². The SMILES string of the molecule is C=C(C)[C@@H](CCC=C(Br)Br)Cc1occc1C. The number of aryl methyl sites for hydroxylation is 1. The molecule has 94 valence electrons. The van der Waals surface area contributed by atoms with E-state index < -0.39 is 0 Å². The lowest BCUT2D eigenvalue weighted by Gasteiger charge is -2.15. The van der Waals surface area contributed by atoms with Crippen molar-refractivity contribution in [3.8, 4) is 0 Å². The zero-order chi connectivity index (χ0) is 12.8. The fraction of sp³-hybridized carbons (Fsp3) is 0.429. The lowest BCUT2D eigenvalue weighted by atomic mass is 9.91. The van der Waals surface area contributed by atoms with Gasteiger partial charge in [-0.15, -0.1) is 0 Å². The summed E-state index contributed by atoms with van der Waals surface area (Å²) in [5, 5.41) is 0. The molecule has 0 aliphatic carbocycles. The molecule has 0 aliphatic rings. The summed E-state index contributed by atoms with van der Waals surface area (Å²) >= 11 is 6.74. The van der Waals surface area contributed by atoms with Gasteiger partial charge in [-0.25, -0.2) is 0 Å². The predicted octanol–water partition coefficient (Wildman–Crippen LogP) is 5.73. The van der Waals surface area contributed by atoms with E-state index in [0.29, 0.717) is 5.92 Å². The van der Waals surface area contributed by atoms with Crippen molar-refractivity contribution in [3.05, 3.63) is 45.3 Å². The van der Waals surface area contributed by atoms with Crippen molar-refractivity contribution in [1.82, 2.24) is 0 Å². The summed E-state index contributed by atoms with van der Waals surface area (Å²) in [6.45, 7) is 8.26. The largest absolute Gasteiger partial charge is 0.469 e. The molecule has 0 saturated heterocycles. The molecule has 3 heteroatoms. The molecule has 17 heavy (non-hydrogen) atoms. The van der Waals surface area contributed by atoms with Crippen molar-refractivity contribution in [2.24, 2.45) is 5.92 Å². The van der Waals surface area contributed by atoms with Crippen LogP contribution in [0, 0.1) is 12.8 Å². The van der Waals surface area contributed by atoms with Crippen molar-refractivity contribution in [1.29, 1.82) is 0 Å². The van der Waals surface area contributed by atoms with Gasteiger partial charge in [0.1, 0.15) is 5.76 Å². The van der Waals surface area contributed by atoms with Crippen LogP contribution >= 0.6 is 31.9 Å². The molecule has 1 aromatic rings. The number of hydrogen-bond donors (Lipinski definition) is 0. The molecule has 0 aliphatic heterocycles. The highest BCUT2D eigenvalue weighted by Crippen LogP contribution is 2.24. The summed E-state index contributed by atoms with van der Waals surface area (Å²) in [7, 11) is 0. The number of furan rings is 1. The third kappa shape index (κ3) is 5.26. The maximum absolute atomic E-state index is 5.50. The van der Waals surface area contributed by atoms with Gasteiger partial charge in [-0.2, -0.15) is 0 Å². The smallest absolute Gasteiger partial charge is 0.107 e. The first-order valence-electron chi connectivity index (χ1n) is 5.70. The Balaban J connectivity index is 2.58. The molecule has 0 bridgehead atoms. The van der Waals surface area contributed by atoms with Crippen LogP contribution < -0.4 is 0 Å². The first-order valence-corrected chi connectivity index (χ1v) is 7.28. The first kappa shape index (κ1) is 14.8. The lowest BCUT2D eigenvalue weighted by Crippen LogP contribution is -2.05. The van der Waals surface area contributed by atoms with Gasteiger partial charge in [0.2, 0.25) is 0 Å². The molecule has 1 rings (SSSR count). The van der Waals surface area contributed by atoms with E-state index in [-0.39, 0.29) is 0 Å². The van der Waals surface area contributed by atoms with Crippen LogP contribution in [0.1, 0.15) is 31.1 Å². The Kier molecular flexibility index (Phi) is 6.28. The maximum atomic E-state index is 5.50. The second-order valence-corrected chi connectivity index (χ2v) is 7.12. The Morgan fingerprint density at radius 3 is 2.71 bits per heavy atom. The number of allylic oxidation sites excluding steroid dienone is 2. The van der Waals surface area contributed by atoms with Crippen LogP contribution in [-0.4, -0.2) is 0 Å². The zero-order valence-electron chi connectivity index (χ0n) is 10.3. The van der Waals surface area contributed by atoms with E-state index in [9.17, 15) is 0 Å². The second-order valence-electron chi connectivity index (χ2n) is 4.35. The average molecular weight is 362 g/mol. The molecule has 1 nitrogen and oxygen atoms in total. The molecule has 0 saturated carbocycles. The second kappa shape index (κ2) is 7.22. The first-order chi connectivity index (χ1) is 8.00. The van der Waals surface area contributed by atoms with E-state index in [2.05, 4.69) is 58.4 Å². The summed E-state index contributed by atoms with van der Waals surface area (Å²) in [5.41, 5.74) is 2.45. The topological polar surface area (TPSA) is 13.1 Å². The third-order valence-corrected chi connectivity index (χ3v) is 3.56. The summed E-state index contributed by atoms with van der Waals surface area (Å²) in [6.07, 6.45) is 6.96. The molecule has 0 spiro atoms. The Hall–Kier alpha value is -0.280. The standard InChI is InChI=1S/C14H18Br2O/c1-10(2)12(5-4-6-14(15)16)9-13-11(3)7-8-17-13/h6-8,12H,1,4-5,9H2,2-3H3/t12-/m0/s1. The van der Waals surface area contributed by atoms with Crippen LogP contribution in [-0.2, 0) is 6.42 Å². The van der Waals surface area contributed by atoms with Gasteiger partial charge in [0, 0.05) is 6.42 Å². The maximum Gasteiger partial charge on any atom is 0.107 e. The Bertz CT molecular complexity index is 400. The van der Waals surface area contributed by atoms with Crippen LogP contribution in [0.2, 0.25) is 0 Å². The summed E-state index contributed by atoms with van der Waals surface area (Å²) in [6, 6.07) is 2.01. The highest BCUT2D eigenvalue weighted by Gasteiger charge is 2.13. The minimum absolute atomic E-state index is 0.482. The normalized spacial score (nSPS) is 12.2. The monoisotopic (exact) mass is 360 g/mol. The summed E-state index contributed by atoms with van der Waals surface area (Å²) < 4.78 is 6.51. The van der Waals surface area contributed by atoms with Crippen molar-refractivity contribution >= 4 is 31.9 Å². The van der Waals surface area contributed by atoms with Crippen LogP contribution in [0.3, 0.4) is 0 Å². The van der Waals surface area contributed by atoms with Crippen molar-refractivity contribution in [3.63, 3.8) is 0 Å². The predicted molar refractivity (Wildman–Crippen MR) is 80.6 cm³/mol. The Morgan fingerprint density at radius 2 is 2.24 bits per heavy atom. The highest BCUT2D eigenvalue weighted by atomic mass is 79.9. The molecule has 0 fully saturated rings. The van der Waals surface area contributed by atoms with Gasteiger partial charge in [-0.05, 0) is 76.1 Å². The third-order valence-electron chi connectivity index (χ3n) is 2.91.